The molecule has 0 bridgehead atoms. The Labute approximate surface area is 162 Å². The van der Waals surface area contributed by atoms with Crippen LogP contribution in [-0.4, -0.2) is 11.9 Å². The van der Waals surface area contributed by atoms with Gasteiger partial charge in [-0.3, -0.25) is 9.69 Å². The van der Waals surface area contributed by atoms with E-state index in [0.29, 0.717) is 16.8 Å². The molecule has 0 aliphatic carbocycles. The van der Waals surface area contributed by atoms with Gasteiger partial charge in [-0.25, -0.2) is 9.18 Å². The van der Waals surface area contributed by atoms with Gasteiger partial charge in [0.15, 0.2) is 5.78 Å². The minimum atomic E-state index is -0.550. The Morgan fingerprint density at radius 2 is 1.64 bits per heavy atom. The van der Waals surface area contributed by atoms with Gasteiger partial charge >= 0.3 is 6.09 Å². The number of amides is 1. The number of halogens is 1. The molecule has 1 heterocycles. The number of ketones is 1. The molecule has 0 saturated heterocycles. The maximum Gasteiger partial charge on any atom is 0.415 e. The van der Waals surface area contributed by atoms with Gasteiger partial charge in [0, 0.05) is 12.0 Å². The average Bonchev–Trinajstić information content (AvgIpc) is 2.73. The van der Waals surface area contributed by atoms with E-state index in [1.807, 2.05) is 30.3 Å². The number of para-hydroxylation sites is 1. The molecular formula is C23H18FNO3. The van der Waals surface area contributed by atoms with Gasteiger partial charge in [0.05, 0.1) is 11.7 Å². The molecule has 0 saturated carbocycles. The Hall–Kier alpha value is -3.47. The molecule has 0 N–H and O–H groups in total. The quantitative estimate of drug-likeness (QED) is 0.624. The molecule has 3 aromatic carbocycles. The number of nitrogens with zero attached hydrogens (tertiary/aromatic N) is 1. The lowest BCUT2D eigenvalue weighted by Crippen LogP contribution is -2.40. The van der Waals surface area contributed by atoms with Crippen LogP contribution in [0.5, 0.6) is 0 Å². The summed E-state index contributed by atoms with van der Waals surface area (Å²) in [6.07, 6.45) is -0.429. The molecule has 3 aromatic rings. The summed E-state index contributed by atoms with van der Waals surface area (Å²) in [7, 11) is 0. The van der Waals surface area contributed by atoms with Crippen LogP contribution in [0.1, 0.15) is 33.9 Å². The molecule has 1 aliphatic rings. The van der Waals surface area contributed by atoms with Crippen LogP contribution in [0.25, 0.3) is 0 Å². The highest BCUT2D eigenvalue weighted by atomic mass is 19.1. The second-order valence-electron chi connectivity index (χ2n) is 6.62. The zero-order valence-electron chi connectivity index (χ0n) is 15.0. The molecule has 0 radical (unpaired) electrons. The highest BCUT2D eigenvalue weighted by Gasteiger charge is 2.37. The number of fused-ring (bicyclic) bond motifs is 1. The lowest BCUT2D eigenvalue weighted by Gasteiger charge is -2.36. The van der Waals surface area contributed by atoms with Crippen molar-refractivity contribution in [3.05, 3.63) is 101 Å². The van der Waals surface area contributed by atoms with E-state index in [2.05, 4.69) is 0 Å². The maximum atomic E-state index is 13.4. The normalized spacial score (nSPS) is 15.8. The molecule has 4 nitrogen and oxygen atoms in total. The van der Waals surface area contributed by atoms with Crippen molar-refractivity contribution in [2.75, 3.05) is 4.90 Å². The molecule has 140 valence electrons. The van der Waals surface area contributed by atoms with E-state index in [-0.39, 0.29) is 24.6 Å². The van der Waals surface area contributed by atoms with Crippen LogP contribution in [0.4, 0.5) is 14.9 Å². The van der Waals surface area contributed by atoms with Crippen LogP contribution < -0.4 is 4.90 Å². The largest absolute Gasteiger partial charge is 0.444 e. The molecule has 4 rings (SSSR count). The summed E-state index contributed by atoms with van der Waals surface area (Å²) in [6, 6.07) is 21.7. The number of ether oxygens (including phenoxy) is 1. The van der Waals surface area contributed by atoms with Crippen LogP contribution in [0, 0.1) is 5.82 Å². The average molecular weight is 375 g/mol. The highest BCUT2D eigenvalue weighted by molar-refractivity contribution is 6.08. The first-order valence-corrected chi connectivity index (χ1v) is 9.01. The van der Waals surface area contributed by atoms with E-state index >= 15 is 0 Å². The molecule has 0 aromatic heterocycles. The molecule has 1 amide bonds. The fourth-order valence-electron chi connectivity index (χ4n) is 3.43. The van der Waals surface area contributed by atoms with Crippen molar-refractivity contribution in [3.63, 3.8) is 0 Å². The summed E-state index contributed by atoms with van der Waals surface area (Å²) in [5.41, 5.74) is 2.54. The number of rotatable bonds is 3. The second-order valence-corrected chi connectivity index (χ2v) is 6.62. The number of Topliss-reactive ketones (excluding diaryl/α,β-unsaturated/α-hetero) is 1. The van der Waals surface area contributed by atoms with Crippen molar-refractivity contribution in [3.8, 4) is 0 Å². The summed E-state index contributed by atoms with van der Waals surface area (Å²) >= 11 is 0. The fraction of sp³-hybridized carbons (Fsp3) is 0.130. The maximum absolute atomic E-state index is 13.4. The van der Waals surface area contributed by atoms with Crippen LogP contribution in [0.15, 0.2) is 78.9 Å². The first-order valence-electron chi connectivity index (χ1n) is 9.01. The first kappa shape index (κ1) is 17.9. The number of hydrogen-bond acceptors (Lipinski definition) is 3. The fourth-order valence-corrected chi connectivity index (χ4v) is 3.43. The Bertz CT molecular complexity index is 1000. The van der Waals surface area contributed by atoms with Crippen molar-refractivity contribution in [2.24, 2.45) is 0 Å². The Balaban J connectivity index is 1.68. The van der Waals surface area contributed by atoms with Gasteiger partial charge in [-0.1, -0.05) is 54.6 Å². The van der Waals surface area contributed by atoms with E-state index in [1.54, 1.807) is 36.4 Å². The number of carbonyl (C=O) groups is 2. The van der Waals surface area contributed by atoms with Gasteiger partial charge in [-0.15, -0.1) is 0 Å². The van der Waals surface area contributed by atoms with Crippen LogP contribution in [0.3, 0.4) is 0 Å². The van der Waals surface area contributed by atoms with E-state index in [0.717, 1.165) is 5.56 Å². The monoisotopic (exact) mass is 375 g/mol. The second kappa shape index (κ2) is 7.64. The van der Waals surface area contributed by atoms with Gasteiger partial charge in [0.1, 0.15) is 12.4 Å². The first-order chi connectivity index (χ1) is 13.6. The summed E-state index contributed by atoms with van der Waals surface area (Å²) < 4.78 is 18.9. The third-order valence-electron chi connectivity index (χ3n) is 4.81. The molecule has 1 unspecified atom stereocenters. The van der Waals surface area contributed by atoms with Crippen molar-refractivity contribution < 1.29 is 18.7 Å². The minimum Gasteiger partial charge on any atom is -0.444 e. The summed E-state index contributed by atoms with van der Waals surface area (Å²) in [4.78, 5) is 27.1. The Kier molecular flexibility index (Phi) is 4.89. The van der Waals surface area contributed by atoms with Crippen molar-refractivity contribution in [2.45, 2.75) is 19.1 Å². The van der Waals surface area contributed by atoms with E-state index in [4.69, 9.17) is 4.74 Å². The molecule has 0 spiro atoms. The molecular weight excluding hydrogens is 357 g/mol. The lowest BCUT2D eigenvalue weighted by molar-refractivity contribution is 0.0961. The predicted molar refractivity (Wildman–Crippen MR) is 104 cm³/mol. The lowest BCUT2D eigenvalue weighted by atomic mass is 9.90. The number of benzene rings is 3. The van der Waals surface area contributed by atoms with Gasteiger partial charge in [-0.05, 0) is 35.4 Å². The van der Waals surface area contributed by atoms with Crippen LogP contribution in [-0.2, 0) is 11.3 Å². The Morgan fingerprint density at radius 1 is 0.964 bits per heavy atom. The van der Waals surface area contributed by atoms with Crippen LogP contribution in [0.2, 0.25) is 0 Å². The van der Waals surface area contributed by atoms with Crippen molar-refractivity contribution in [1.82, 2.24) is 0 Å². The third kappa shape index (κ3) is 3.51. The van der Waals surface area contributed by atoms with Gasteiger partial charge in [0.2, 0.25) is 0 Å². The summed E-state index contributed by atoms with van der Waals surface area (Å²) in [5, 5.41) is 0. The van der Waals surface area contributed by atoms with Gasteiger partial charge in [-0.2, -0.15) is 0 Å². The van der Waals surface area contributed by atoms with Crippen molar-refractivity contribution in [1.29, 1.82) is 0 Å². The number of anilines is 1. The predicted octanol–water partition coefficient (Wildman–Crippen LogP) is 5.30. The van der Waals surface area contributed by atoms with E-state index in [9.17, 15) is 14.0 Å². The molecule has 5 heteroatoms. The van der Waals surface area contributed by atoms with E-state index < -0.39 is 12.1 Å². The topological polar surface area (TPSA) is 46.6 Å². The molecule has 0 fully saturated rings. The highest BCUT2D eigenvalue weighted by Crippen LogP contribution is 2.39. The Morgan fingerprint density at radius 3 is 2.39 bits per heavy atom. The van der Waals surface area contributed by atoms with Gasteiger partial charge < -0.3 is 4.74 Å². The summed E-state index contributed by atoms with van der Waals surface area (Å²) in [6.45, 7) is 0.127. The SMILES string of the molecule is O=C1CC(c2ccc(F)cc2)N(C(=O)OCc2ccccc2)c2ccccc21. The summed E-state index contributed by atoms with van der Waals surface area (Å²) in [5.74, 6) is -0.429. The smallest absolute Gasteiger partial charge is 0.415 e. The number of hydrogen-bond donors (Lipinski definition) is 0. The standard InChI is InChI=1S/C23H18FNO3/c24-18-12-10-17(11-13-18)21-14-22(26)19-8-4-5-9-20(19)25(21)23(27)28-15-16-6-2-1-3-7-16/h1-13,21H,14-15H2. The third-order valence-corrected chi connectivity index (χ3v) is 4.81. The van der Waals surface area contributed by atoms with Crippen LogP contribution >= 0.6 is 0 Å². The number of carbonyl (C=O) groups excluding carboxylic acids is 2. The molecule has 1 atom stereocenters. The molecule has 28 heavy (non-hydrogen) atoms. The zero-order valence-corrected chi connectivity index (χ0v) is 15.0. The van der Waals surface area contributed by atoms with E-state index in [1.165, 1.54) is 17.0 Å². The van der Waals surface area contributed by atoms with Crippen molar-refractivity contribution >= 4 is 17.6 Å². The van der Waals surface area contributed by atoms with Gasteiger partial charge in [0.25, 0.3) is 0 Å². The molecule has 1 aliphatic heterocycles. The zero-order chi connectivity index (χ0) is 19.5. The minimum absolute atomic E-state index is 0.0583.